The van der Waals surface area contributed by atoms with Crippen molar-refractivity contribution in [2.24, 2.45) is 5.73 Å². The predicted molar refractivity (Wildman–Crippen MR) is 80.0 cm³/mol. The SMILES string of the molecule is CCOc1ccccc1C(=O)N(CCCN)C1CCC1. The minimum absolute atomic E-state index is 0.0761. The molecule has 0 unspecified atom stereocenters. The first kappa shape index (κ1) is 14.9. The summed E-state index contributed by atoms with van der Waals surface area (Å²) in [5.41, 5.74) is 6.26. The highest BCUT2D eigenvalue weighted by Gasteiger charge is 2.30. The molecule has 1 aliphatic rings. The van der Waals surface area contributed by atoms with Crippen molar-refractivity contribution in [3.8, 4) is 5.75 Å². The normalized spacial score (nSPS) is 14.7. The predicted octanol–water partition coefficient (Wildman–Crippen LogP) is 2.43. The zero-order valence-corrected chi connectivity index (χ0v) is 12.2. The van der Waals surface area contributed by atoms with Crippen LogP contribution in [0.3, 0.4) is 0 Å². The minimum Gasteiger partial charge on any atom is -0.493 e. The maximum Gasteiger partial charge on any atom is 0.257 e. The molecule has 20 heavy (non-hydrogen) atoms. The van der Waals surface area contributed by atoms with E-state index in [0.29, 0.717) is 30.5 Å². The van der Waals surface area contributed by atoms with Gasteiger partial charge in [0.2, 0.25) is 0 Å². The van der Waals surface area contributed by atoms with Gasteiger partial charge in [-0.3, -0.25) is 4.79 Å². The van der Waals surface area contributed by atoms with Crippen LogP contribution in [0.15, 0.2) is 24.3 Å². The fraction of sp³-hybridized carbons (Fsp3) is 0.562. The maximum atomic E-state index is 12.8. The van der Waals surface area contributed by atoms with Gasteiger partial charge in [0.1, 0.15) is 5.75 Å². The Kier molecular flexibility index (Phi) is 5.41. The lowest BCUT2D eigenvalue weighted by molar-refractivity contribution is 0.0574. The molecule has 0 bridgehead atoms. The molecule has 0 atom stereocenters. The van der Waals surface area contributed by atoms with Crippen LogP contribution in [0.5, 0.6) is 5.75 Å². The zero-order valence-electron chi connectivity index (χ0n) is 12.2. The van der Waals surface area contributed by atoms with Crippen molar-refractivity contribution in [1.29, 1.82) is 0 Å². The molecular formula is C16H24N2O2. The van der Waals surface area contributed by atoms with Crippen LogP contribution >= 0.6 is 0 Å². The first-order valence-corrected chi connectivity index (χ1v) is 7.50. The molecule has 2 rings (SSSR count). The summed E-state index contributed by atoms with van der Waals surface area (Å²) in [5.74, 6) is 0.754. The summed E-state index contributed by atoms with van der Waals surface area (Å²) >= 11 is 0. The molecule has 1 aromatic rings. The Morgan fingerprint density at radius 2 is 2.15 bits per heavy atom. The second kappa shape index (κ2) is 7.29. The number of ether oxygens (including phenoxy) is 1. The standard InChI is InChI=1S/C16H24N2O2/c1-2-20-15-10-4-3-9-14(15)16(19)18(12-6-11-17)13-7-5-8-13/h3-4,9-10,13H,2,5-8,11-12,17H2,1H3. The van der Waals surface area contributed by atoms with Gasteiger partial charge in [0.05, 0.1) is 12.2 Å². The van der Waals surface area contributed by atoms with Crippen LogP contribution in [-0.2, 0) is 0 Å². The van der Waals surface area contributed by atoms with Crippen molar-refractivity contribution < 1.29 is 9.53 Å². The first-order chi connectivity index (χ1) is 9.77. The number of benzene rings is 1. The molecule has 1 aromatic carbocycles. The molecule has 1 amide bonds. The van der Waals surface area contributed by atoms with Gasteiger partial charge < -0.3 is 15.4 Å². The van der Waals surface area contributed by atoms with Crippen LogP contribution in [0.2, 0.25) is 0 Å². The average molecular weight is 276 g/mol. The van der Waals surface area contributed by atoms with Crippen molar-refractivity contribution >= 4 is 5.91 Å². The fourth-order valence-electron chi connectivity index (χ4n) is 2.49. The largest absolute Gasteiger partial charge is 0.493 e. The Morgan fingerprint density at radius 3 is 2.75 bits per heavy atom. The maximum absolute atomic E-state index is 12.8. The number of carbonyl (C=O) groups excluding carboxylic acids is 1. The van der Waals surface area contributed by atoms with Crippen molar-refractivity contribution in [3.05, 3.63) is 29.8 Å². The Labute approximate surface area is 120 Å². The average Bonchev–Trinajstić information content (AvgIpc) is 2.41. The molecule has 0 heterocycles. The molecule has 110 valence electrons. The third-order valence-electron chi connectivity index (χ3n) is 3.80. The van der Waals surface area contributed by atoms with Crippen LogP contribution < -0.4 is 10.5 Å². The Bertz CT molecular complexity index is 444. The number of amides is 1. The van der Waals surface area contributed by atoms with Gasteiger partial charge in [-0.25, -0.2) is 0 Å². The third kappa shape index (κ3) is 3.31. The van der Waals surface area contributed by atoms with Gasteiger partial charge >= 0.3 is 0 Å². The number of nitrogens with zero attached hydrogens (tertiary/aromatic N) is 1. The highest BCUT2D eigenvalue weighted by atomic mass is 16.5. The van der Waals surface area contributed by atoms with E-state index < -0.39 is 0 Å². The lowest BCUT2D eigenvalue weighted by Crippen LogP contribution is -2.45. The smallest absolute Gasteiger partial charge is 0.257 e. The van der Waals surface area contributed by atoms with E-state index in [1.54, 1.807) is 0 Å². The van der Waals surface area contributed by atoms with Crippen LogP contribution in [0.4, 0.5) is 0 Å². The first-order valence-electron chi connectivity index (χ1n) is 7.50. The third-order valence-corrected chi connectivity index (χ3v) is 3.80. The van der Waals surface area contributed by atoms with Crippen LogP contribution in [0, 0.1) is 0 Å². The molecule has 1 aliphatic carbocycles. The van der Waals surface area contributed by atoms with Crippen molar-refractivity contribution in [2.45, 2.75) is 38.6 Å². The topological polar surface area (TPSA) is 55.6 Å². The van der Waals surface area contributed by atoms with E-state index in [2.05, 4.69) is 0 Å². The second-order valence-corrected chi connectivity index (χ2v) is 5.15. The summed E-state index contributed by atoms with van der Waals surface area (Å²) < 4.78 is 5.57. The van der Waals surface area contributed by atoms with Gasteiger partial charge in [-0.05, 0) is 51.3 Å². The van der Waals surface area contributed by atoms with Crippen molar-refractivity contribution in [3.63, 3.8) is 0 Å². The van der Waals surface area contributed by atoms with Gasteiger partial charge in [-0.15, -0.1) is 0 Å². The quantitative estimate of drug-likeness (QED) is 0.832. The van der Waals surface area contributed by atoms with E-state index in [9.17, 15) is 4.79 Å². The molecule has 1 saturated carbocycles. The van der Waals surface area contributed by atoms with Gasteiger partial charge in [0.25, 0.3) is 5.91 Å². The number of nitrogens with two attached hydrogens (primary N) is 1. The van der Waals surface area contributed by atoms with Gasteiger partial charge in [-0.2, -0.15) is 0 Å². The van der Waals surface area contributed by atoms with E-state index >= 15 is 0 Å². The van der Waals surface area contributed by atoms with Gasteiger partial charge in [0, 0.05) is 12.6 Å². The molecule has 2 N–H and O–H groups in total. The number of rotatable bonds is 7. The van der Waals surface area contributed by atoms with Crippen LogP contribution in [-0.4, -0.2) is 36.5 Å². The van der Waals surface area contributed by atoms with E-state index in [0.717, 1.165) is 25.8 Å². The number of hydrogen-bond acceptors (Lipinski definition) is 3. The summed E-state index contributed by atoms with van der Waals surface area (Å²) in [6, 6.07) is 7.87. The summed E-state index contributed by atoms with van der Waals surface area (Å²) in [5, 5.41) is 0. The van der Waals surface area contributed by atoms with E-state index in [1.165, 1.54) is 6.42 Å². The minimum atomic E-state index is 0.0761. The molecule has 4 heteroatoms. The zero-order chi connectivity index (χ0) is 14.4. The molecular weight excluding hydrogens is 252 g/mol. The summed E-state index contributed by atoms with van der Waals surface area (Å²) in [4.78, 5) is 14.8. The number of hydrogen-bond donors (Lipinski definition) is 1. The highest BCUT2D eigenvalue weighted by molar-refractivity contribution is 5.97. The lowest BCUT2D eigenvalue weighted by atomic mass is 9.90. The summed E-state index contributed by atoms with van der Waals surface area (Å²) in [6.07, 6.45) is 4.27. The molecule has 0 saturated heterocycles. The van der Waals surface area contributed by atoms with Crippen molar-refractivity contribution in [1.82, 2.24) is 4.90 Å². The van der Waals surface area contributed by atoms with E-state index in [-0.39, 0.29) is 5.91 Å². The Hall–Kier alpha value is -1.55. The monoisotopic (exact) mass is 276 g/mol. The molecule has 0 spiro atoms. The van der Waals surface area contributed by atoms with Crippen LogP contribution in [0.25, 0.3) is 0 Å². The molecule has 4 nitrogen and oxygen atoms in total. The molecule has 1 fully saturated rings. The fourth-order valence-corrected chi connectivity index (χ4v) is 2.49. The lowest BCUT2D eigenvalue weighted by Gasteiger charge is -2.38. The highest BCUT2D eigenvalue weighted by Crippen LogP contribution is 2.28. The molecule has 0 radical (unpaired) electrons. The number of para-hydroxylation sites is 1. The second-order valence-electron chi connectivity index (χ2n) is 5.15. The Balaban J connectivity index is 2.17. The summed E-state index contributed by atoms with van der Waals surface area (Å²) in [6.45, 7) is 3.85. The van der Waals surface area contributed by atoms with Crippen molar-refractivity contribution in [2.75, 3.05) is 19.7 Å². The molecule has 0 aromatic heterocycles. The molecule has 0 aliphatic heterocycles. The summed E-state index contributed by atoms with van der Waals surface area (Å²) in [7, 11) is 0. The van der Waals surface area contributed by atoms with E-state index in [1.807, 2.05) is 36.1 Å². The number of carbonyl (C=O) groups is 1. The Morgan fingerprint density at radius 1 is 1.40 bits per heavy atom. The van der Waals surface area contributed by atoms with E-state index in [4.69, 9.17) is 10.5 Å². The van der Waals surface area contributed by atoms with Gasteiger partial charge in [-0.1, -0.05) is 12.1 Å². The van der Waals surface area contributed by atoms with Gasteiger partial charge in [0.15, 0.2) is 0 Å². The van der Waals surface area contributed by atoms with Crippen LogP contribution in [0.1, 0.15) is 43.0 Å².